The molecule has 3 aromatic heterocycles. The van der Waals surface area contributed by atoms with Gasteiger partial charge in [-0.05, 0) is 23.8 Å². The summed E-state index contributed by atoms with van der Waals surface area (Å²) in [4.78, 5) is 57.7. The molecule has 13 heteroatoms. The van der Waals surface area contributed by atoms with Gasteiger partial charge in [0, 0.05) is 31.9 Å². The van der Waals surface area contributed by atoms with Gasteiger partial charge in [-0.2, -0.15) is 0 Å². The molecule has 0 radical (unpaired) electrons. The Bertz CT molecular complexity index is 1630. The highest BCUT2D eigenvalue weighted by molar-refractivity contribution is 5.97. The minimum absolute atomic E-state index is 0.00149. The molecule has 1 aromatic carbocycles. The van der Waals surface area contributed by atoms with E-state index >= 15 is 0 Å². The van der Waals surface area contributed by atoms with Crippen molar-refractivity contribution in [2.24, 2.45) is 7.05 Å². The third-order valence-corrected chi connectivity index (χ3v) is 5.49. The van der Waals surface area contributed by atoms with Crippen molar-refractivity contribution in [3.8, 4) is 5.82 Å². The monoisotopic (exact) mass is 496 g/mol. The zero-order valence-electron chi connectivity index (χ0n) is 18.6. The molecule has 0 aliphatic heterocycles. The average Bonchev–Trinajstić information content (AvgIpc) is 2.85. The number of halogens is 2. The highest BCUT2D eigenvalue weighted by Gasteiger charge is 2.24. The van der Waals surface area contributed by atoms with Gasteiger partial charge in [0.05, 0.1) is 28.4 Å². The summed E-state index contributed by atoms with van der Waals surface area (Å²) in [7, 11) is 1.48. The number of carbonyl (C=O) groups excluding carboxylic acids is 1. The molecule has 0 aliphatic carbocycles. The molecule has 4 N–H and O–H groups in total. The lowest BCUT2D eigenvalue weighted by Gasteiger charge is -2.15. The topological polar surface area (TPSA) is 162 Å². The van der Waals surface area contributed by atoms with E-state index in [0.29, 0.717) is 23.2 Å². The van der Waals surface area contributed by atoms with Crippen molar-refractivity contribution >= 4 is 28.5 Å². The summed E-state index contributed by atoms with van der Waals surface area (Å²) in [5.74, 6) is -4.72. The Hall–Kier alpha value is -4.94. The molecule has 4 aromatic rings. The second-order valence-corrected chi connectivity index (χ2v) is 7.82. The summed E-state index contributed by atoms with van der Waals surface area (Å²) in [5, 5.41) is 11.9. The van der Waals surface area contributed by atoms with Crippen LogP contribution in [-0.4, -0.2) is 42.1 Å². The van der Waals surface area contributed by atoms with E-state index in [0.717, 1.165) is 4.57 Å². The second kappa shape index (κ2) is 9.37. The van der Waals surface area contributed by atoms with E-state index in [1.807, 2.05) is 0 Å². The van der Waals surface area contributed by atoms with Crippen LogP contribution in [0.15, 0.2) is 58.5 Å². The molecule has 0 fully saturated rings. The predicted molar refractivity (Wildman–Crippen MR) is 124 cm³/mol. The number of carboxylic acids is 1. The number of pyridine rings is 2. The van der Waals surface area contributed by atoms with Crippen LogP contribution in [0.1, 0.15) is 15.9 Å². The number of aromatic nitrogens is 4. The van der Waals surface area contributed by atoms with Crippen LogP contribution in [0.5, 0.6) is 0 Å². The number of benzene rings is 1. The molecule has 0 saturated carbocycles. The van der Waals surface area contributed by atoms with E-state index in [1.54, 1.807) is 0 Å². The number of nitrogens with two attached hydrogens (primary N) is 1. The molecule has 184 valence electrons. The van der Waals surface area contributed by atoms with Crippen molar-refractivity contribution in [1.82, 2.24) is 24.4 Å². The highest BCUT2D eigenvalue weighted by atomic mass is 19.1. The fourth-order valence-corrected chi connectivity index (χ4v) is 3.57. The number of nitrogens with one attached hydrogen (secondary N) is 1. The average molecular weight is 496 g/mol. The molecule has 0 bridgehead atoms. The SMILES string of the molecule is Cn1c(=O)n(-c2ccc(CC(NC(=O)c3cc(F)c(N)cc3F)C(=O)O)cn2)c(=O)c2ccncc21. The van der Waals surface area contributed by atoms with Crippen LogP contribution in [0.3, 0.4) is 0 Å². The van der Waals surface area contributed by atoms with Gasteiger partial charge in [-0.3, -0.25) is 19.1 Å². The molecule has 36 heavy (non-hydrogen) atoms. The first-order valence-electron chi connectivity index (χ1n) is 10.4. The third kappa shape index (κ3) is 4.41. The molecule has 4 rings (SSSR count). The number of hydrogen-bond donors (Lipinski definition) is 3. The van der Waals surface area contributed by atoms with Crippen molar-refractivity contribution in [3.63, 3.8) is 0 Å². The normalized spacial score (nSPS) is 11.9. The van der Waals surface area contributed by atoms with Crippen molar-refractivity contribution in [1.29, 1.82) is 0 Å². The highest BCUT2D eigenvalue weighted by Crippen LogP contribution is 2.17. The lowest BCUT2D eigenvalue weighted by Crippen LogP contribution is -2.42. The summed E-state index contributed by atoms with van der Waals surface area (Å²) >= 11 is 0. The van der Waals surface area contributed by atoms with Gasteiger partial charge in [0.25, 0.3) is 11.5 Å². The van der Waals surface area contributed by atoms with Gasteiger partial charge in [-0.15, -0.1) is 0 Å². The number of fused-ring (bicyclic) bond motifs is 1. The van der Waals surface area contributed by atoms with Crippen LogP contribution in [0.2, 0.25) is 0 Å². The number of nitrogens with zero attached hydrogens (tertiary/aromatic N) is 4. The standard InChI is InChI=1S/C23H18F2N6O5/c1-30-18-10-27-5-4-12(18)21(33)31(23(30)36)19-3-2-11(9-28-19)6-17(22(34)35)29-20(32)13-7-15(25)16(26)8-14(13)24/h2-5,7-10,17H,6,26H2,1H3,(H,29,32)(H,34,35). The quantitative estimate of drug-likeness (QED) is 0.330. The number of rotatable bonds is 6. The third-order valence-electron chi connectivity index (χ3n) is 5.49. The number of carboxylic acid groups (broad SMARTS) is 1. The van der Waals surface area contributed by atoms with E-state index in [9.17, 15) is 33.1 Å². The molecule has 0 aliphatic rings. The molecule has 3 heterocycles. The largest absolute Gasteiger partial charge is 0.480 e. The first-order chi connectivity index (χ1) is 17.1. The lowest BCUT2D eigenvalue weighted by molar-refractivity contribution is -0.139. The van der Waals surface area contributed by atoms with E-state index in [-0.39, 0.29) is 17.6 Å². The van der Waals surface area contributed by atoms with Crippen molar-refractivity contribution in [3.05, 3.63) is 92.5 Å². The Morgan fingerprint density at radius 1 is 1.14 bits per heavy atom. The minimum atomic E-state index is -1.52. The molecule has 1 unspecified atom stereocenters. The van der Waals surface area contributed by atoms with Crippen LogP contribution in [0.4, 0.5) is 14.5 Å². The fourth-order valence-electron chi connectivity index (χ4n) is 3.57. The van der Waals surface area contributed by atoms with Crippen molar-refractivity contribution in [2.75, 3.05) is 5.73 Å². The zero-order chi connectivity index (χ0) is 26.1. The Labute approximate surface area is 200 Å². The Balaban J connectivity index is 1.60. The number of anilines is 1. The van der Waals surface area contributed by atoms with Gasteiger partial charge >= 0.3 is 11.7 Å². The number of aliphatic carboxylic acids is 1. The molecular formula is C23H18F2N6O5. The van der Waals surface area contributed by atoms with Crippen LogP contribution < -0.4 is 22.3 Å². The number of nitrogen functional groups attached to an aromatic ring is 1. The molecule has 1 atom stereocenters. The number of carbonyl (C=O) groups is 2. The van der Waals surface area contributed by atoms with Gasteiger partial charge in [0.2, 0.25) is 0 Å². The van der Waals surface area contributed by atoms with Gasteiger partial charge in [-0.25, -0.2) is 27.9 Å². The molecule has 11 nitrogen and oxygen atoms in total. The van der Waals surface area contributed by atoms with Crippen molar-refractivity contribution < 1.29 is 23.5 Å². The van der Waals surface area contributed by atoms with E-state index < -0.39 is 52.1 Å². The minimum Gasteiger partial charge on any atom is -0.480 e. The van der Waals surface area contributed by atoms with Crippen LogP contribution in [0.25, 0.3) is 16.7 Å². The van der Waals surface area contributed by atoms with E-state index in [1.165, 1.54) is 48.4 Å². The summed E-state index contributed by atoms with van der Waals surface area (Å²) in [6.45, 7) is 0. The van der Waals surface area contributed by atoms with Crippen molar-refractivity contribution in [2.45, 2.75) is 12.5 Å². The lowest BCUT2D eigenvalue weighted by atomic mass is 10.1. The smallest absolute Gasteiger partial charge is 0.337 e. The summed E-state index contributed by atoms with van der Waals surface area (Å²) in [6, 6.07) is 3.93. The maximum Gasteiger partial charge on any atom is 0.337 e. The summed E-state index contributed by atoms with van der Waals surface area (Å²) in [5.41, 5.74) is 3.46. The number of aryl methyl sites for hydroxylation is 1. The fraction of sp³-hybridized carbons (Fsp3) is 0.130. The second-order valence-electron chi connectivity index (χ2n) is 7.82. The van der Waals surface area contributed by atoms with Gasteiger partial charge in [-0.1, -0.05) is 6.07 Å². The van der Waals surface area contributed by atoms with Gasteiger partial charge < -0.3 is 16.2 Å². The maximum absolute atomic E-state index is 14.0. The summed E-state index contributed by atoms with van der Waals surface area (Å²) < 4.78 is 29.8. The zero-order valence-corrected chi connectivity index (χ0v) is 18.6. The Kier molecular flexibility index (Phi) is 6.29. The van der Waals surface area contributed by atoms with Gasteiger partial charge in [0.1, 0.15) is 23.5 Å². The molecule has 0 saturated heterocycles. The van der Waals surface area contributed by atoms with E-state index in [2.05, 4.69) is 15.3 Å². The number of hydrogen-bond acceptors (Lipinski definition) is 7. The molecule has 1 amide bonds. The first-order valence-corrected chi connectivity index (χ1v) is 10.4. The number of amides is 1. The molecule has 0 spiro atoms. The summed E-state index contributed by atoms with van der Waals surface area (Å²) in [6.07, 6.45) is 3.78. The Morgan fingerprint density at radius 2 is 1.89 bits per heavy atom. The predicted octanol–water partition coefficient (Wildman–Crippen LogP) is 0.765. The maximum atomic E-state index is 14.0. The van der Waals surface area contributed by atoms with Gasteiger partial charge in [0.15, 0.2) is 0 Å². The van der Waals surface area contributed by atoms with Crippen LogP contribution >= 0.6 is 0 Å². The Morgan fingerprint density at radius 3 is 2.56 bits per heavy atom. The first kappa shape index (κ1) is 24.2. The van der Waals surface area contributed by atoms with E-state index in [4.69, 9.17) is 5.73 Å². The van der Waals surface area contributed by atoms with Crippen LogP contribution in [-0.2, 0) is 18.3 Å². The molecular weight excluding hydrogens is 478 g/mol. The van der Waals surface area contributed by atoms with Crippen LogP contribution in [0, 0.1) is 11.6 Å².